The van der Waals surface area contributed by atoms with E-state index in [4.69, 9.17) is 18.9 Å². The molecule has 6 nitrogen and oxygen atoms in total. The molecule has 0 radical (unpaired) electrons. The third-order valence-electron chi connectivity index (χ3n) is 6.87. The van der Waals surface area contributed by atoms with Gasteiger partial charge in [-0.2, -0.15) is 0 Å². The van der Waals surface area contributed by atoms with E-state index in [1.807, 2.05) is 13.8 Å². The van der Waals surface area contributed by atoms with Crippen molar-refractivity contribution in [3.63, 3.8) is 0 Å². The maximum absolute atomic E-state index is 12.5. The molecule has 0 aromatic rings. The van der Waals surface area contributed by atoms with Gasteiger partial charge in [0.15, 0.2) is 0 Å². The first-order valence-corrected chi connectivity index (χ1v) is 10.6. The zero-order valence-corrected chi connectivity index (χ0v) is 16.5. The molecule has 4 aliphatic rings. The van der Waals surface area contributed by atoms with Crippen LogP contribution >= 0.6 is 0 Å². The van der Waals surface area contributed by atoms with Crippen LogP contribution in [-0.4, -0.2) is 49.6 Å². The van der Waals surface area contributed by atoms with Gasteiger partial charge in [-0.15, -0.1) is 0 Å². The summed E-state index contributed by atoms with van der Waals surface area (Å²) in [6.07, 6.45) is 9.00. The summed E-state index contributed by atoms with van der Waals surface area (Å²) >= 11 is 0. The summed E-state index contributed by atoms with van der Waals surface area (Å²) in [7, 11) is 0. The summed E-state index contributed by atoms with van der Waals surface area (Å²) in [5.41, 5.74) is -0.818. The molecule has 0 aromatic carbocycles. The first-order valence-electron chi connectivity index (χ1n) is 10.6. The number of ether oxygens (including phenoxy) is 4. The average Bonchev–Trinajstić information content (AvgIpc) is 3.52. The largest absolute Gasteiger partial charge is 0.465 e. The molecule has 0 spiro atoms. The number of unbranched alkanes of at least 4 members (excludes halogenated alkanes) is 1. The van der Waals surface area contributed by atoms with Crippen LogP contribution in [0.4, 0.5) is 0 Å². The summed E-state index contributed by atoms with van der Waals surface area (Å²) in [4.78, 5) is 24.9. The van der Waals surface area contributed by atoms with Gasteiger partial charge in [0, 0.05) is 0 Å². The molecule has 0 bridgehead atoms. The fraction of sp³-hybridized carbons (Fsp3) is 0.905. The monoisotopic (exact) mass is 380 g/mol. The molecule has 6 unspecified atom stereocenters. The summed E-state index contributed by atoms with van der Waals surface area (Å²) in [5, 5.41) is 0. The van der Waals surface area contributed by atoms with Crippen molar-refractivity contribution in [1.82, 2.24) is 0 Å². The highest BCUT2D eigenvalue weighted by molar-refractivity contribution is 5.77. The Kier molecular flexibility index (Phi) is 5.23. The smallest absolute Gasteiger partial charge is 0.311 e. The number of fused-ring (bicyclic) bond motifs is 2. The van der Waals surface area contributed by atoms with Crippen LogP contribution < -0.4 is 0 Å². The zero-order valence-electron chi connectivity index (χ0n) is 16.5. The third-order valence-corrected chi connectivity index (χ3v) is 6.87. The fourth-order valence-electron chi connectivity index (χ4n) is 4.72. The molecule has 27 heavy (non-hydrogen) atoms. The third kappa shape index (κ3) is 4.32. The lowest BCUT2D eigenvalue weighted by atomic mass is 9.76. The predicted octanol–water partition coefficient (Wildman–Crippen LogP) is 3.16. The van der Waals surface area contributed by atoms with Crippen LogP contribution in [0.1, 0.15) is 71.6 Å². The second kappa shape index (κ2) is 7.36. The van der Waals surface area contributed by atoms with Gasteiger partial charge in [-0.1, -0.05) is 0 Å². The van der Waals surface area contributed by atoms with Crippen molar-refractivity contribution in [3.05, 3.63) is 0 Å². The van der Waals surface area contributed by atoms with Gasteiger partial charge in [0.2, 0.25) is 0 Å². The Hall–Kier alpha value is -1.14. The van der Waals surface area contributed by atoms with Crippen LogP contribution in [0.3, 0.4) is 0 Å². The van der Waals surface area contributed by atoms with E-state index < -0.39 is 10.8 Å². The molecule has 4 fully saturated rings. The zero-order chi connectivity index (χ0) is 19.1. The summed E-state index contributed by atoms with van der Waals surface area (Å²) in [5.74, 6) is -0.220. The lowest BCUT2D eigenvalue weighted by Gasteiger charge is -2.29. The van der Waals surface area contributed by atoms with Crippen molar-refractivity contribution >= 4 is 11.9 Å². The number of hydrogen-bond donors (Lipinski definition) is 0. The van der Waals surface area contributed by atoms with Crippen LogP contribution in [0.15, 0.2) is 0 Å². The number of carbonyl (C=O) groups excluding carboxylic acids is 2. The van der Waals surface area contributed by atoms with Crippen LogP contribution in [0.25, 0.3) is 0 Å². The van der Waals surface area contributed by atoms with E-state index in [9.17, 15) is 9.59 Å². The van der Waals surface area contributed by atoms with Crippen LogP contribution in [-0.2, 0) is 28.5 Å². The van der Waals surface area contributed by atoms with Gasteiger partial charge in [-0.3, -0.25) is 9.59 Å². The normalized spacial score (nSPS) is 42.3. The lowest BCUT2D eigenvalue weighted by molar-refractivity contribution is -0.158. The molecule has 2 heterocycles. The van der Waals surface area contributed by atoms with Gasteiger partial charge in [-0.25, -0.2) is 0 Å². The summed E-state index contributed by atoms with van der Waals surface area (Å²) in [6, 6.07) is 0. The topological polar surface area (TPSA) is 77.7 Å². The van der Waals surface area contributed by atoms with Gasteiger partial charge in [0.1, 0.15) is 0 Å². The predicted molar refractivity (Wildman–Crippen MR) is 97.0 cm³/mol. The molecule has 6 atom stereocenters. The Morgan fingerprint density at radius 1 is 0.815 bits per heavy atom. The van der Waals surface area contributed by atoms with Crippen LogP contribution in [0, 0.1) is 10.8 Å². The SMILES string of the molecule is CC1(C(=O)OCCCCOC(=O)C2(C)CCC3OC3C2)CCCC2OC2C1. The van der Waals surface area contributed by atoms with Gasteiger partial charge in [-0.05, 0) is 71.6 Å². The van der Waals surface area contributed by atoms with Crippen LogP contribution in [0.5, 0.6) is 0 Å². The van der Waals surface area contributed by atoms with Crippen molar-refractivity contribution in [2.45, 2.75) is 96.1 Å². The number of carbonyl (C=O) groups is 2. The molecular weight excluding hydrogens is 348 g/mol. The highest BCUT2D eigenvalue weighted by Gasteiger charge is 2.52. The average molecular weight is 380 g/mol. The molecule has 0 amide bonds. The second-order valence-electron chi connectivity index (χ2n) is 9.37. The highest BCUT2D eigenvalue weighted by Crippen LogP contribution is 2.47. The quantitative estimate of drug-likeness (QED) is 0.384. The molecule has 4 rings (SSSR count). The Bertz CT molecular complexity index is 591. The fourth-order valence-corrected chi connectivity index (χ4v) is 4.72. The van der Waals surface area contributed by atoms with Gasteiger partial charge in [0.05, 0.1) is 48.5 Å². The lowest BCUT2D eigenvalue weighted by Crippen LogP contribution is -2.35. The van der Waals surface area contributed by atoms with Crippen molar-refractivity contribution in [2.75, 3.05) is 13.2 Å². The molecule has 2 aliphatic heterocycles. The van der Waals surface area contributed by atoms with Crippen molar-refractivity contribution in [2.24, 2.45) is 10.8 Å². The molecule has 2 aliphatic carbocycles. The Labute approximate surface area is 161 Å². The highest BCUT2D eigenvalue weighted by atomic mass is 16.6. The standard InChI is InChI=1S/C21H32O6/c1-20(8-5-6-14-16(12-20)26-14)18(22)24-10-3-4-11-25-19(23)21(2)9-7-15-17(13-21)27-15/h14-17H,3-13H2,1-2H3. The minimum Gasteiger partial charge on any atom is -0.465 e. The molecule has 2 saturated carbocycles. The van der Waals surface area contributed by atoms with Crippen molar-refractivity contribution in [3.8, 4) is 0 Å². The van der Waals surface area contributed by atoms with Crippen LogP contribution in [0.2, 0.25) is 0 Å². The number of rotatable bonds is 7. The maximum Gasteiger partial charge on any atom is 0.311 e. The summed E-state index contributed by atoms with van der Waals surface area (Å²) < 4.78 is 22.1. The minimum atomic E-state index is -0.416. The molecular formula is C21H32O6. The first-order chi connectivity index (χ1) is 12.9. The Morgan fingerprint density at radius 3 is 1.93 bits per heavy atom. The number of epoxide rings is 2. The summed E-state index contributed by atoms with van der Waals surface area (Å²) in [6.45, 7) is 4.75. The van der Waals surface area contributed by atoms with E-state index in [2.05, 4.69) is 0 Å². The molecule has 0 aromatic heterocycles. The second-order valence-corrected chi connectivity index (χ2v) is 9.37. The number of hydrogen-bond acceptors (Lipinski definition) is 6. The molecule has 2 saturated heterocycles. The molecule has 0 N–H and O–H groups in total. The van der Waals surface area contributed by atoms with Gasteiger partial charge < -0.3 is 18.9 Å². The van der Waals surface area contributed by atoms with Gasteiger partial charge in [0.25, 0.3) is 0 Å². The van der Waals surface area contributed by atoms with E-state index in [1.165, 1.54) is 0 Å². The molecule has 6 heteroatoms. The van der Waals surface area contributed by atoms with E-state index in [-0.39, 0.29) is 24.1 Å². The Balaban J connectivity index is 1.10. The molecule has 152 valence electrons. The van der Waals surface area contributed by atoms with E-state index >= 15 is 0 Å². The van der Waals surface area contributed by atoms with E-state index in [0.29, 0.717) is 38.3 Å². The van der Waals surface area contributed by atoms with Crippen molar-refractivity contribution in [1.29, 1.82) is 0 Å². The minimum absolute atomic E-state index is 0.107. The van der Waals surface area contributed by atoms with E-state index in [1.54, 1.807) is 0 Å². The van der Waals surface area contributed by atoms with Crippen molar-refractivity contribution < 1.29 is 28.5 Å². The maximum atomic E-state index is 12.5. The Morgan fingerprint density at radius 2 is 1.33 bits per heavy atom. The van der Waals surface area contributed by atoms with E-state index in [0.717, 1.165) is 44.9 Å². The number of esters is 2. The van der Waals surface area contributed by atoms with Gasteiger partial charge >= 0.3 is 11.9 Å². The first kappa shape index (κ1) is 19.2.